The summed E-state index contributed by atoms with van der Waals surface area (Å²) in [6, 6.07) is 89.0. The van der Waals surface area contributed by atoms with Crippen molar-refractivity contribution >= 4 is 48.6 Å². The first-order valence-electron chi connectivity index (χ1n) is 25.4. The average Bonchev–Trinajstić information content (AvgIpc) is 3.96. The predicted octanol–water partition coefficient (Wildman–Crippen LogP) is 19.3. The van der Waals surface area contributed by atoms with Gasteiger partial charge in [0.15, 0.2) is 0 Å². The number of hydrogen-bond acceptors (Lipinski definition) is 3. The van der Waals surface area contributed by atoms with Crippen molar-refractivity contribution in [3.05, 3.63) is 270 Å². The van der Waals surface area contributed by atoms with Crippen molar-refractivity contribution in [3.8, 4) is 78.3 Å². The molecule has 0 radical (unpaired) electrons. The molecule has 3 aliphatic carbocycles. The highest BCUT2D eigenvalue weighted by atomic mass is 32.1. The van der Waals surface area contributed by atoms with Crippen LogP contribution in [0, 0.1) is 0 Å². The summed E-state index contributed by atoms with van der Waals surface area (Å²) in [5.41, 5.74) is 25.0. The molecule has 4 aliphatic rings. The minimum atomic E-state index is -0.675. The minimum absolute atomic E-state index is 0.193. The zero-order valence-corrected chi connectivity index (χ0v) is 41.1. The molecule has 1 aliphatic heterocycles. The number of para-hydroxylation sites is 2. The maximum Gasteiger partial charge on any atom is 0.135 e. The van der Waals surface area contributed by atoms with Gasteiger partial charge in [0.25, 0.3) is 0 Å². The van der Waals surface area contributed by atoms with Gasteiger partial charge in [-0.3, -0.25) is 0 Å². The fourth-order valence-electron chi connectivity index (χ4n) is 13.5. The van der Waals surface area contributed by atoms with Gasteiger partial charge in [0, 0.05) is 53.8 Å². The number of hydrogen-bond donors (Lipinski definition) is 0. The molecular weight excluding hydrogens is 903 g/mol. The van der Waals surface area contributed by atoms with Crippen molar-refractivity contribution in [2.45, 2.75) is 24.7 Å². The van der Waals surface area contributed by atoms with Crippen molar-refractivity contribution in [1.29, 1.82) is 0 Å². The van der Waals surface area contributed by atoms with Gasteiger partial charge in [0.1, 0.15) is 11.5 Å². The normalized spacial score (nSPS) is 15.5. The predicted molar refractivity (Wildman–Crippen MR) is 304 cm³/mol. The third-order valence-electron chi connectivity index (χ3n) is 16.7. The van der Waals surface area contributed by atoms with Crippen LogP contribution < -0.4 is 9.64 Å². The summed E-state index contributed by atoms with van der Waals surface area (Å²) in [5.74, 6) is 1.71. The summed E-state index contributed by atoms with van der Waals surface area (Å²) in [6.07, 6.45) is 0. The van der Waals surface area contributed by atoms with E-state index in [4.69, 9.17) is 4.74 Å². The van der Waals surface area contributed by atoms with Crippen LogP contribution in [0.4, 0.5) is 17.1 Å². The summed E-state index contributed by atoms with van der Waals surface area (Å²) in [7, 11) is 0. The van der Waals surface area contributed by atoms with Crippen molar-refractivity contribution in [1.82, 2.24) is 0 Å². The van der Waals surface area contributed by atoms with E-state index < -0.39 is 5.41 Å². The van der Waals surface area contributed by atoms with Crippen molar-refractivity contribution < 1.29 is 4.74 Å². The Morgan fingerprint density at radius 2 is 0.740 bits per heavy atom. The fourth-order valence-corrected chi connectivity index (χ4v) is 14.6. The van der Waals surface area contributed by atoms with Crippen molar-refractivity contribution in [2.75, 3.05) is 4.90 Å². The number of rotatable bonds is 3. The van der Waals surface area contributed by atoms with Gasteiger partial charge in [0.2, 0.25) is 0 Å². The monoisotopic (exact) mass is 947 g/mol. The maximum atomic E-state index is 6.73. The van der Waals surface area contributed by atoms with Gasteiger partial charge in [-0.05, 0) is 156 Å². The first kappa shape index (κ1) is 40.9. The van der Waals surface area contributed by atoms with E-state index in [9.17, 15) is 0 Å². The van der Waals surface area contributed by atoms with Gasteiger partial charge >= 0.3 is 0 Å². The van der Waals surface area contributed by atoms with Crippen LogP contribution in [0.3, 0.4) is 0 Å². The van der Waals surface area contributed by atoms with E-state index >= 15 is 0 Å². The lowest BCUT2D eigenvalue weighted by Crippen LogP contribution is -2.29. The highest BCUT2D eigenvalue weighted by Crippen LogP contribution is 2.63. The molecular formula is C70H45NOS. The molecule has 73 heavy (non-hydrogen) atoms. The molecule has 0 saturated heterocycles. The van der Waals surface area contributed by atoms with Crippen LogP contribution in [-0.4, -0.2) is 0 Å². The molecule has 0 amide bonds. The van der Waals surface area contributed by atoms with E-state index in [1.165, 1.54) is 98.1 Å². The molecule has 16 rings (SSSR count). The zero-order valence-electron chi connectivity index (χ0n) is 40.3. The van der Waals surface area contributed by atoms with Gasteiger partial charge in [-0.15, -0.1) is 11.3 Å². The van der Waals surface area contributed by atoms with Crippen LogP contribution in [0.5, 0.6) is 11.5 Å². The standard InChI is InChI=1S/C70H45NOS/c1-69(2)59-25-11-5-20-49(59)52-36-33-43(38-62(52)69)71(42-31-34-47-53-22-8-14-28-65(53)72-66-29-15-9-23-54(66)56(47)37-42)44-32-35-51-46-18-4-3-17-45(46)48-19-6-12-26-60(48)70(63(51)39-44)61-27-13-7-21-50(61)57-41-68-58(40-64(57)70)55-24-10-16-30-67(55)73-68/h3-41H,1-2H3. The molecule has 2 nitrogen and oxygen atoms in total. The second-order valence-electron chi connectivity index (χ2n) is 20.7. The largest absolute Gasteiger partial charge is 0.456 e. The number of thiophene rings is 1. The molecule has 2 heterocycles. The highest BCUT2D eigenvalue weighted by molar-refractivity contribution is 7.25. The third kappa shape index (κ3) is 5.52. The lowest BCUT2D eigenvalue weighted by molar-refractivity contribution is 0.488. The summed E-state index contributed by atoms with van der Waals surface area (Å²) in [5, 5.41) is 2.61. The fraction of sp³-hybridized carbons (Fsp3) is 0.0571. The molecule has 12 aromatic rings. The second-order valence-corrected chi connectivity index (χ2v) is 21.8. The lowest BCUT2D eigenvalue weighted by Gasteiger charge is -2.36. The number of benzene rings is 11. The van der Waals surface area contributed by atoms with E-state index in [0.717, 1.165) is 50.8 Å². The van der Waals surface area contributed by atoms with Crippen LogP contribution in [0.25, 0.3) is 86.9 Å². The Kier molecular flexibility index (Phi) is 8.35. The molecule has 3 heteroatoms. The van der Waals surface area contributed by atoms with Crippen LogP contribution in [0.15, 0.2) is 237 Å². The molecule has 1 spiro atoms. The summed E-state index contributed by atoms with van der Waals surface area (Å²) >= 11 is 1.90. The van der Waals surface area contributed by atoms with E-state index in [1.54, 1.807) is 0 Å². The summed E-state index contributed by atoms with van der Waals surface area (Å²) in [6.45, 7) is 4.76. The molecule has 0 N–H and O–H groups in total. The van der Waals surface area contributed by atoms with Crippen molar-refractivity contribution in [2.24, 2.45) is 0 Å². The zero-order chi connectivity index (χ0) is 48.2. The Balaban J connectivity index is 1.02. The van der Waals surface area contributed by atoms with Gasteiger partial charge in [0.05, 0.1) is 5.41 Å². The summed E-state index contributed by atoms with van der Waals surface area (Å²) < 4.78 is 9.36. The van der Waals surface area contributed by atoms with E-state index in [0.29, 0.717) is 0 Å². The van der Waals surface area contributed by atoms with Crippen molar-refractivity contribution in [3.63, 3.8) is 0 Å². The van der Waals surface area contributed by atoms with E-state index in [1.807, 2.05) is 11.3 Å². The number of ether oxygens (including phenoxy) is 1. The van der Waals surface area contributed by atoms with Crippen LogP contribution >= 0.6 is 11.3 Å². The van der Waals surface area contributed by atoms with Gasteiger partial charge in [-0.1, -0.05) is 184 Å². The van der Waals surface area contributed by atoms with Gasteiger partial charge in [-0.25, -0.2) is 0 Å². The Labute approximate surface area is 428 Å². The van der Waals surface area contributed by atoms with E-state index in [2.05, 4.69) is 255 Å². The molecule has 342 valence electrons. The molecule has 0 fully saturated rings. The van der Waals surface area contributed by atoms with E-state index in [-0.39, 0.29) is 5.41 Å². The number of nitrogens with zero attached hydrogens (tertiary/aromatic N) is 1. The molecule has 11 aromatic carbocycles. The van der Waals surface area contributed by atoms with Gasteiger partial charge in [-0.2, -0.15) is 0 Å². The molecule has 0 bridgehead atoms. The quantitative estimate of drug-likeness (QED) is 0.175. The van der Waals surface area contributed by atoms with Crippen LogP contribution in [-0.2, 0) is 10.8 Å². The minimum Gasteiger partial charge on any atom is -0.456 e. The molecule has 0 saturated carbocycles. The maximum absolute atomic E-state index is 6.73. The third-order valence-corrected chi connectivity index (χ3v) is 17.8. The Hall–Kier alpha value is -8.76. The molecule has 1 unspecified atom stereocenters. The first-order valence-corrected chi connectivity index (χ1v) is 26.2. The molecule has 1 aromatic heterocycles. The Morgan fingerprint density at radius 3 is 1.41 bits per heavy atom. The topological polar surface area (TPSA) is 12.5 Å². The summed E-state index contributed by atoms with van der Waals surface area (Å²) in [4.78, 5) is 2.52. The highest BCUT2D eigenvalue weighted by Gasteiger charge is 2.50. The lowest BCUT2D eigenvalue weighted by atomic mass is 9.65. The molecule has 1 atom stereocenters. The number of fused-ring (bicyclic) bond motifs is 23. The smallest absolute Gasteiger partial charge is 0.135 e. The Bertz CT molecular complexity index is 4360. The second kappa shape index (κ2) is 14.9. The Morgan fingerprint density at radius 1 is 0.301 bits per heavy atom. The number of anilines is 3. The average molecular weight is 948 g/mol. The van der Waals surface area contributed by atoms with Crippen LogP contribution in [0.2, 0.25) is 0 Å². The van der Waals surface area contributed by atoms with Gasteiger partial charge < -0.3 is 9.64 Å². The van der Waals surface area contributed by atoms with Crippen LogP contribution in [0.1, 0.15) is 47.2 Å². The SMILES string of the molecule is CC1(C)c2ccccc2-c2ccc(N(c3ccc4c(c3)-c3ccccc3Oc3ccccc3-4)c3ccc4c(c3)C3(c5ccccc5-c5ccccc5-4)c4ccccc4-c4cc5sc6ccccc6c5cc43)cc21. The first-order chi connectivity index (χ1) is 35.9.